The van der Waals surface area contributed by atoms with Crippen LogP contribution in [0.5, 0.6) is 0 Å². The molecular weight excluding hydrogens is 593 g/mol. The number of aryl methyl sites for hydroxylation is 1. The molecule has 11 nitrogen and oxygen atoms in total. The summed E-state index contributed by atoms with van der Waals surface area (Å²) in [5.74, 6) is -2.52. The molecule has 3 N–H and O–H groups in total. The first-order valence-electron chi connectivity index (χ1n) is 16.6. The van der Waals surface area contributed by atoms with Gasteiger partial charge in [-0.3, -0.25) is 24.1 Å². The SMILES string of the molecule is CCC(=O)N[C@@H](C(=O)N1CCC(C)(O)CC1)[C@@H](C)c1ccc(NC(=O)[C@H](C2CCCCCC2)N(C=O)c2conc2CC)c(F)c1. The highest BCUT2D eigenvalue weighted by Gasteiger charge is 2.38. The van der Waals surface area contributed by atoms with Crippen molar-refractivity contribution in [3.63, 3.8) is 0 Å². The third kappa shape index (κ3) is 8.31. The lowest BCUT2D eigenvalue weighted by Gasteiger charge is -2.38. The second kappa shape index (κ2) is 15.7. The van der Waals surface area contributed by atoms with E-state index >= 15 is 4.39 Å². The Bertz CT molecular complexity index is 1360. The van der Waals surface area contributed by atoms with Gasteiger partial charge in [0.15, 0.2) is 0 Å². The average molecular weight is 642 g/mol. The third-order valence-corrected chi connectivity index (χ3v) is 9.60. The molecule has 3 atom stereocenters. The molecule has 4 rings (SSSR count). The summed E-state index contributed by atoms with van der Waals surface area (Å²) in [6.45, 7) is 7.77. The Hall–Kier alpha value is -3.80. The maximum atomic E-state index is 15.7. The minimum absolute atomic E-state index is 0.0508. The van der Waals surface area contributed by atoms with Crippen molar-refractivity contribution < 1.29 is 33.2 Å². The molecule has 0 unspecified atom stereocenters. The predicted molar refractivity (Wildman–Crippen MR) is 172 cm³/mol. The van der Waals surface area contributed by atoms with Crippen LogP contribution in [0.3, 0.4) is 0 Å². The molecule has 1 aromatic carbocycles. The van der Waals surface area contributed by atoms with Gasteiger partial charge in [0, 0.05) is 25.4 Å². The van der Waals surface area contributed by atoms with E-state index in [1.807, 2.05) is 6.92 Å². The van der Waals surface area contributed by atoms with E-state index in [0.717, 1.165) is 38.5 Å². The molecule has 0 radical (unpaired) electrons. The molecule has 2 heterocycles. The van der Waals surface area contributed by atoms with Gasteiger partial charge in [0.25, 0.3) is 0 Å². The molecule has 12 heteroatoms. The summed E-state index contributed by atoms with van der Waals surface area (Å²) < 4.78 is 20.9. The molecule has 4 amide bonds. The molecule has 1 saturated carbocycles. The molecule has 2 aliphatic rings. The quantitative estimate of drug-likeness (QED) is 0.225. The number of anilines is 2. The zero-order valence-electron chi connectivity index (χ0n) is 27.4. The second-order valence-electron chi connectivity index (χ2n) is 12.9. The number of hydrogen-bond acceptors (Lipinski definition) is 7. The normalized spacial score (nSPS) is 19.0. The van der Waals surface area contributed by atoms with Crippen LogP contribution in [0.15, 0.2) is 29.0 Å². The number of nitrogens with one attached hydrogen (secondary N) is 2. The van der Waals surface area contributed by atoms with Gasteiger partial charge in [0.2, 0.25) is 24.1 Å². The van der Waals surface area contributed by atoms with Crippen molar-refractivity contribution in [3.8, 4) is 0 Å². The van der Waals surface area contributed by atoms with Crippen LogP contribution in [0.2, 0.25) is 0 Å². The lowest BCUT2D eigenvalue weighted by Crippen LogP contribution is -2.54. The van der Waals surface area contributed by atoms with Gasteiger partial charge in [-0.25, -0.2) is 4.39 Å². The number of rotatable bonds is 12. The van der Waals surface area contributed by atoms with Crippen LogP contribution in [0, 0.1) is 11.7 Å². The van der Waals surface area contributed by atoms with Crippen LogP contribution in [-0.4, -0.2) is 70.1 Å². The van der Waals surface area contributed by atoms with Crippen molar-refractivity contribution in [2.45, 2.75) is 116 Å². The van der Waals surface area contributed by atoms with Crippen LogP contribution in [0.4, 0.5) is 15.8 Å². The lowest BCUT2D eigenvalue weighted by atomic mass is 9.89. The minimum Gasteiger partial charge on any atom is -0.390 e. The largest absolute Gasteiger partial charge is 0.390 e. The van der Waals surface area contributed by atoms with E-state index in [9.17, 15) is 24.3 Å². The van der Waals surface area contributed by atoms with Crippen molar-refractivity contribution in [3.05, 3.63) is 41.5 Å². The number of carbonyl (C=O) groups is 4. The summed E-state index contributed by atoms with van der Waals surface area (Å²) in [7, 11) is 0. The van der Waals surface area contributed by atoms with Gasteiger partial charge >= 0.3 is 0 Å². The van der Waals surface area contributed by atoms with E-state index in [1.54, 1.807) is 31.7 Å². The highest BCUT2D eigenvalue weighted by Crippen LogP contribution is 2.33. The summed E-state index contributed by atoms with van der Waals surface area (Å²) in [6, 6.07) is 2.53. The number of piperidine rings is 1. The first-order chi connectivity index (χ1) is 22.0. The first-order valence-corrected chi connectivity index (χ1v) is 16.6. The summed E-state index contributed by atoms with van der Waals surface area (Å²) in [5, 5.41) is 19.9. The zero-order chi connectivity index (χ0) is 33.4. The highest BCUT2D eigenvalue weighted by molar-refractivity contribution is 6.00. The number of nitrogens with zero attached hydrogens (tertiary/aromatic N) is 3. The number of hydrogen-bond donors (Lipinski definition) is 3. The van der Waals surface area contributed by atoms with Crippen LogP contribution in [0.1, 0.15) is 103 Å². The summed E-state index contributed by atoms with van der Waals surface area (Å²) in [5.41, 5.74) is 0.553. The van der Waals surface area contributed by atoms with Gasteiger partial charge in [-0.2, -0.15) is 0 Å². The molecule has 252 valence electrons. The second-order valence-corrected chi connectivity index (χ2v) is 12.9. The van der Waals surface area contributed by atoms with Crippen molar-refractivity contribution in [2.75, 3.05) is 23.3 Å². The Kier molecular flexibility index (Phi) is 11.9. The topological polar surface area (TPSA) is 145 Å². The van der Waals surface area contributed by atoms with Gasteiger partial charge in [0.05, 0.1) is 11.3 Å². The van der Waals surface area contributed by atoms with E-state index in [0.29, 0.717) is 55.7 Å². The van der Waals surface area contributed by atoms with E-state index in [4.69, 9.17) is 4.52 Å². The van der Waals surface area contributed by atoms with Gasteiger partial charge in [-0.15, -0.1) is 0 Å². The first kappa shape index (κ1) is 35.1. The van der Waals surface area contributed by atoms with Gasteiger partial charge in [0.1, 0.15) is 35.5 Å². The maximum Gasteiger partial charge on any atom is 0.247 e. The molecule has 2 fully saturated rings. The molecule has 1 aromatic heterocycles. The van der Waals surface area contributed by atoms with E-state index in [2.05, 4.69) is 15.8 Å². The van der Waals surface area contributed by atoms with Crippen molar-refractivity contribution in [2.24, 2.45) is 5.92 Å². The number of aliphatic hydroxyl groups is 1. The van der Waals surface area contributed by atoms with Gasteiger partial charge in [-0.05, 0) is 62.6 Å². The summed E-state index contributed by atoms with van der Waals surface area (Å²) >= 11 is 0. The Balaban J connectivity index is 1.57. The Morgan fingerprint density at radius 3 is 2.43 bits per heavy atom. The maximum absolute atomic E-state index is 15.7. The number of halogens is 1. The van der Waals surface area contributed by atoms with Crippen LogP contribution in [0.25, 0.3) is 0 Å². The highest BCUT2D eigenvalue weighted by atomic mass is 19.1. The third-order valence-electron chi connectivity index (χ3n) is 9.60. The predicted octanol–water partition coefficient (Wildman–Crippen LogP) is 4.69. The zero-order valence-corrected chi connectivity index (χ0v) is 27.4. The fourth-order valence-corrected chi connectivity index (χ4v) is 6.57. The number of likely N-dealkylation sites (tertiary alicyclic amines) is 1. The molecule has 1 aliphatic heterocycles. The van der Waals surface area contributed by atoms with Gasteiger partial charge in [-0.1, -0.05) is 57.7 Å². The number of benzene rings is 1. The molecule has 0 spiro atoms. The summed E-state index contributed by atoms with van der Waals surface area (Å²) in [6.07, 6.45) is 8.97. The van der Waals surface area contributed by atoms with Crippen molar-refractivity contribution in [1.82, 2.24) is 15.4 Å². The monoisotopic (exact) mass is 641 g/mol. The lowest BCUT2D eigenvalue weighted by molar-refractivity contribution is -0.140. The number of amides is 4. The fraction of sp³-hybridized carbons (Fsp3) is 0.618. The van der Waals surface area contributed by atoms with E-state index in [1.165, 1.54) is 23.3 Å². The molecular formula is C34H48FN5O6. The van der Waals surface area contributed by atoms with Crippen molar-refractivity contribution in [1.29, 1.82) is 0 Å². The molecule has 0 bridgehead atoms. The molecule has 2 aromatic rings. The molecule has 46 heavy (non-hydrogen) atoms. The fourth-order valence-electron chi connectivity index (χ4n) is 6.57. The number of aromatic nitrogens is 1. The summed E-state index contributed by atoms with van der Waals surface area (Å²) in [4.78, 5) is 55.4. The number of carbonyl (C=O) groups excluding carboxylic acids is 4. The van der Waals surface area contributed by atoms with E-state index in [-0.39, 0.29) is 29.8 Å². The van der Waals surface area contributed by atoms with Crippen molar-refractivity contribution >= 4 is 35.5 Å². The Morgan fingerprint density at radius 2 is 1.85 bits per heavy atom. The van der Waals surface area contributed by atoms with Crippen LogP contribution >= 0.6 is 0 Å². The van der Waals surface area contributed by atoms with Gasteiger partial charge < -0.3 is 25.2 Å². The van der Waals surface area contributed by atoms with E-state index < -0.39 is 35.3 Å². The standard InChI is InChI=1S/C34H48FN5O6/c1-5-26-28(20-46-38-26)40(21-41)31(23-11-9-7-8-10-12-23)32(43)36-27-14-13-24(19-25(27)35)22(3)30(37-29(42)6-2)33(44)39-17-15-34(4,45)16-18-39/h13-14,19-23,30-31,45H,5-12,15-18H2,1-4H3,(H,36,43)(H,37,42)/t22-,30+,31-/m0/s1. The Morgan fingerprint density at radius 1 is 1.17 bits per heavy atom. The molecule has 1 saturated heterocycles. The average Bonchev–Trinajstić information content (AvgIpc) is 3.35. The smallest absolute Gasteiger partial charge is 0.247 e. The minimum atomic E-state index is -0.938. The molecule has 1 aliphatic carbocycles. The van der Waals surface area contributed by atoms with Crippen LogP contribution < -0.4 is 15.5 Å². The van der Waals surface area contributed by atoms with Crippen LogP contribution in [-0.2, 0) is 25.6 Å². The Labute approximate surface area is 270 Å².